The van der Waals surface area contributed by atoms with Crippen LogP contribution >= 0.6 is 36.4 Å². The van der Waals surface area contributed by atoms with Crippen molar-refractivity contribution in [1.82, 2.24) is 14.8 Å². The fourth-order valence-electron chi connectivity index (χ4n) is 2.88. The van der Waals surface area contributed by atoms with Gasteiger partial charge >= 0.3 is 0 Å². The smallest absolute Gasteiger partial charge is 0.241 e. The topological polar surface area (TPSA) is 85.8 Å². The Morgan fingerprint density at radius 1 is 1.31 bits per heavy atom. The SMILES string of the molecule is CC[C@H](N)C(=O)Nc1ccc(Cl)c(-c2nnc3n2CCCCC3)c1.Cl.Cl. The molecule has 0 spiro atoms. The number of aromatic nitrogens is 3. The second-order valence-electron chi connectivity index (χ2n) is 6.10. The van der Waals surface area contributed by atoms with Gasteiger partial charge in [0.2, 0.25) is 5.91 Å². The number of carbonyl (C=O) groups is 1. The van der Waals surface area contributed by atoms with Crippen molar-refractivity contribution >= 4 is 48.0 Å². The highest BCUT2D eigenvalue weighted by Crippen LogP contribution is 2.31. The van der Waals surface area contributed by atoms with E-state index in [9.17, 15) is 4.79 Å². The predicted octanol–water partition coefficient (Wildman–Crippen LogP) is 3.84. The number of halogens is 3. The minimum Gasteiger partial charge on any atom is -0.325 e. The average molecular weight is 421 g/mol. The predicted molar refractivity (Wildman–Crippen MR) is 109 cm³/mol. The highest BCUT2D eigenvalue weighted by molar-refractivity contribution is 6.33. The molecular formula is C17H24Cl3N5O. The summed E-state index contributed by atoms with van der Waals surface area (Å²) in [7, 11) is 0. The van der Waals surface area contributed by atoms with E-state index in [2.05, 4.69) is 20.1 Å². The van der Waals surface area contributed by atoms with Crippen LogP contribution in [0, 0.1) is 0 Å². The van der Waals surface area contributed by atoms with Gasteiger partial charge in [0.1, 0.15) is 5.82 Å². The first-order chi connectivity index (χ1) is 11.6. The normalized spacial score (nSPS) is 14.3. The average Bonchev–Trinajstić information content (AvgIpc) is 2.83. The summed E-state index contributed by atoms with van der Waals surface area (Å²) in [5, 5.41) is 12.1. The van der Waals surface area contributed by atoms with E-state index in [0.29, 0.717) is 17.1 Å². The standard InChI is InChI=1S/C17H22ClN5O.2ClH/c1-2-14(19)17(24)20-11-7-8-13(18)12(10-11)16-22-21-15-6-4-3-5-9-23(15)16;;/h7-8,10,14H,2-6,9,19H2,1H3,(H,20,24);2*1H/t14-;;/m0../s1. The second-order valence-corrected chi connectivity index (χ2v) is 6.51. The maximum Gasteiger partial charge on any atom is 0.241 e. The van der Waals surface area contributed by atoms with Crippen LogP contribution < -0.4 is 11.1 Å². The zero-order chi connectivity index (χ0) is 17.1. The van der Waals surface area contributed by atoms with Crippen LogP contribution in [-0.4, -0.2) is 26.7 Å². The summed E-state index contributed by atoms with van der Waals surface area (Å²) in [5.74, 6) is 1.56. The van der Waals surface area contributed by atoms with Crippen LogP contribution in [0.2, 0.25) is 5.02 Å². The summed E-state index contributed by atoms with van der Waals surface area (Å²) < 4.78 is 2.14. The van der Waals surface area contributed by atoms with Crippen molar-refractivity contribution in [3.05, 3.63) is 29.0 Å². The van der Waals surface area contributed by atoms with Gasteiger partial charge in [0.15, 0.2) is 5.82 Å². The van der Waals surface area contributed by atoms with Gasteiger partial charge in [-0.15, -0.1) is 35.0 Å². The largest absolute Gasteiger partial charge is 0.325 e. The molecule has 2 aromatic rings. The Balaban J connectivity index is 0.00000169. The Hall–Kier alpha value is -1.34. The molecule has 1 aliphatic rings. The molecule has 1 aliphatic heterocycles. The summed E-state index contributed by atoms with van der Waals surface area (Å²) in [5.41, 5.74) is 7.21. The van der Waals surface area contributed by atoms with Gasteiger partial charge < -0.3 is 15.6 Å². The van der Waals surface area contributed by atoms with Gasteiger partial charge in [-0.3, -0.25) is 4.79 Å². The maximum atomic E-state index is 12.0. The Kier molecular flexibility index (Phi) is 8.83. The van der Waals surface area contributed by atoms with Gasteiger partial charge in [-0.1, -0.05) is 24.9 Å². The van der Waals surface area contributed by atoms with E-state index in [-0.39, 0.29) is 30.7 Å². The molecule has 0 saturated heterocycles. The number of benzene rings is 1. The number of nitrogens with zero attached hydrogens (tertiary/aromatic N) is 3. The molecule has 0 bridgehead atoms. The Morgan fingerprint density at radius 3 is 2.81 bits per heavy atom. The van der Waals surface area contributed by atoms with Crippen molar-refractivity contribution < 1.29 is 4.79 Å². The monoisotopic (exact) mass is 419 g/mol. The second kappa shape index (κ2) is 10.1. The van der Waals surface area contributed by atoms with E-state index in [1.165, 1.54) is 6.42 Å². The Labute approximate surface area is 170 Å². The van der Waals surface area contributed by atoms with Crippen LogP contribution in [0.4, 0.5) is 5.69 Å². The van der Waals surface area contributed by atoms with Crippen molar-refractivity contribution in [3.63, 3.8) is 0 Å². The number of hydrogen-bond acceptors (Lipinski definition) is 4. The number of nitrogens with two attached hydrogens (primary N) is 1. The molecule has 0 saturated carbocycles. The van der Waals surface area contributed by atoms with Crippen LogP contribution in [0.1, 0.15) is 38.4 Å². The molecule has 3 N–H and O–H groups in total. The molecule has 26 heavy (non-hydrogen) atoms. The van der Waals surface area contributed by atoms with Gasteiger partial charge in [-0.2, -0.15) is 0 Å². The van der Waals surface area contributed by atoms with Crippen LogP contribution in [0.25, 0.3) is 11.4 Å². The summed E-state index contributed by atoms with van der Waals surface area (Å²) in [4.78, 5) is 12.0. The van der Waals surface area contributed by atoms with Crippen molar-refractivity contribution in [2.75, 3.05) is 5.32 Å². The quantitative estimate of drug-likeness (QED) is 0.786. The number of rotatable bonds is 4. The lowest BCUT2D eigenvalue weighted by Gasteiger charge is -2.13. The number of amides is 1. The fraction of sp³-hybridized carbons (Fsp3) is 0.471. The number of hydrogen-bond donors (Lipinski definition) is 2. The fourth-order valence-corrected chi connectivity index (χ4v) is 3.08. The molecule has 3 rings (SSSR count). The number of aryl methyl sites for hydroxylation is 1. The molecule has 0 radical (unpaired) electrons. The van der Waals surface area contributed by atoms with Crippen LogP contribution in [-0.2, 0) is 17.8 Å². The lowest BCUT2D eigenvalue weighted by atomic mass is 10.1. The van der Waals surface area contributed by atoms with Gasteiger partial charge in [0, 0.05) is 24.2 Å². The van der Waals surface area contributed by atoms with Crippen molar-refractivity contribution in [2.24, 2.45) is 5.73 Å². The molecular weight excluding hydrogens is 397 g/mol. The third kappa shape index (κ3) is 4.88. The minimum atomic E-state index is -0.520. The van der Waals surface area contributed by atoms with Gasteiger partial charge in [0.25, 0.3) is 0 Å². The van der Waals surface area contributed by atoms with Crippen molar-refractivity contribution in [1.29, 1.82) is 0 Å². The zero-order valence-electron chi connectivity index (χ0n) is 14.6. The lowest BCUT2D eigenvalue weighted by Crippen LogP contribution is -2.34. The van der Waals surface area contributed by atoms with E-state index in [1.54, 1.807) is 12.1 Å². The molecule has 144 valence electrons. The summed E-state index contributed by atoms with van der Waals surface area (Å²) >= 11 is 6.38. The van der Waals surface area contributed by atoms with Gasteiger partial charge in [0.05, 0.1) is 11.1 Å². The molecule has 1 aromatic carbocycles. The molecule has 0 fully saturated rings. The summed E-state index contributed by atoms with van der Waals surface area (Å²) in [6.45, 7) is 2.77. The molecule has 9 heteroatoms. The molecule has 1 atom stereocenters. The number of anilines is 1. The van der Waals surface area contributed by atoms with E-state index in [4.69, 9.17) is 17.3 Å². The van der Waals surface area contributed by atoms with Crippen molar-refractivity contribution in [3.8, 4) is 11.4 Å². The third-order valence-electron chi connectivity index (χ3n) is 4.36. The molecule has 1 aromatic heterocycles. The first kappa shape index (κ1) is 22.7. The highest BCUT2D eigenvalue weighted by Gasteiger charge is 2.19. The number of carbonyl (C=O) groups excluding carboxylic acids is 1. The summed E-state index contributed by atoms with van der Waals surface area (Å²) in [6, 6.07) is 4.85. The third-order valence-corrected chi connectivity index (χ3v) is 4.69. The Bertz CT molecular complexity index is 750. The number of fused-ring (bicyclic) bond motifs is 1. The summed E-state index contributed by atoms with van der Waals surface area (Å²) in [6.07, 6.45) is 4.96. The van der Waals surface area contributed by atoms with Crippen molar-refractivity contribution in [2.45, 2.75) is 51.6 Å². The molecule has 6 nitrogen and oxygen atoms in total. The zero-order valence-corrected chi connectivity index (χ0v) is 17.0. The van der Waals surface area contributed by atoms with E-state index >= 15 is 0 Å². The lowest BCUT2D eigenvalue weighted by molar-refractivity contribution is -0.117. The first-order valence-electron chi connectivity index (χ1n) is 8.38. The molecule has 1 amide bonds. The minimum absolute atomic E-state index is 0. The van der Waals surface area contributed by atoms with Crippen LogP contribution in [0.15, 0.2) is 18.2 Å². The van der Waals surface area contributed by atoms with E-state index in [1.807, 2.05) is 13.0 Å². The van der Waals surface area contributed by atoms with Crippen LogP contribution in [0.3, 0.4) is 0 Å². The Morgan fingerprint density at radius 2 is 2.08 bits per heavy atom. The van der Waals surface area contributed by atoms with Gasteiger partial charge in [-0.25, -0.2) is 0 Å². The molecule has 0 aliphatic carbocycles. The van der Waals surface area contributed by atoms with Crippen LogP contribution in [0.5, 0.6) is 0 Å². The maximum absolute atomic E-state index is 12.0. The van der Waals surface area contributed by atoms with E-state index in [0.717, 1.165) is 43.0 Å². The number of nitrogens with one attached hydrogen (secondary N) is 1. The highest BCUT2D eigenvalue weighted by atomic mass is 35.5. The van der Waals surface area contributed by atoms with Gasteiger partial charge in [-0.05, 0) is 37.5 Å². The molecule has 0 unspecified atom stereocenters. The molecule has 2 heterocycles. The van der Waals surface area contributed by atoms with E-state index < -0.39 is 6.04 Å². The first-order valence-corrected chi connectivity index (χ1v) is 8.76.